The molecule has 2 aromatic carbocycles. The van der Waals surface area contributed by atoms with Crippen LogP contribution in [0, 0.1) is 5.82 Å². The fraction of sp³-hybridized carbons (Fsp3) is 0.250. The summed E-state index contributed by atoms with van der Waals surface area (Å²) in [6.07, 6.45) is 2.04. The van der Waals surface area contributed by atoms with Gasteiger partial charge in [0.1, 0.15) is 11.6 Å². The molecule has 1 N–H and O–H groups in total. The number of aromatic nitrogens is 2. The van der Waals surface area contributed by atoms with Crippen molar-refractivity contribution in [1.82, 2.24) is 14.9 Å². The minimum atomic E-state index is -0.420. The summed E-state index contributed by atoms with van der Waals surface area (Å²) in [6, 6.07) is 17.1. The van der Waals surface area contributed by atoms with Crippen LogP contribution in [0.2, 0.25) is 0 Å². The Balaban J connectivity index is 1.35. The van der Waals surface area contributed by atoms with E-state index < -0.39 is 5.82 Å². The summed E-state index contributed by atoms with van der Waals surface area (Å²) in [4.78, 5) is 23.7. The Kier molecular flexibility index (Phi) is 5.19. The zero-order chi connectivity index (χ0) is 20.5. The Morgan fingerprint density at radius 2 is 2.10 bits per heavy atom. The van der Waals surface area contributed by atoms with Gasteiger partial charge in [-0.25, -0.2) is 9.37 Å². The van der Waals surface area contributed by atoms with E-state index in [2.05, 4.69) is 56.6 Å². The highest BCUT2D eigenvalue weighted by Crippen LogP contribution is 2.28. The number of nitrogens with one attached hydrogen (secondary N) is 1. The number of H-pyrrole nitrogens is 1. The van der Waals surface area contributed by atoms with Gasteiger partial charge in [-0.3, -0.25) is 9.69 Å². The SMILES string of the molecule is O=c1[nH]c(C2CCCN(Cc3cccc(-c4cccs4)c3)C2)nc2ccc(F)cc12. The molecule has 5 rings (SSSR count). The van der Waals surface area contributed by atoms with E-state index in [1.54, 1.807) is 17.4 Å². The molecule has 1 fully saturated rings. The van der Waals surface area contributed by atoms with Gasteiger partial charge >= 0.3 is 0 Å². The fourth-order valence-corrected chi connectivity index (χ4v) is 4.99. The Morgan fingerprint density at radius 3 is 2.97 bits per heavy atom. The number of piperidine rings is 1. The molecule has 1 unspecified atom stereocenters. The first-order valence-corrected chi connectivity index (χ1v) is 11.1. The number of aromatic amines is 1. The van der Waals surface area contributed by atoms with Crippen LogP contribution in [-0.2, 0) is 6.54 Å². The number of benzene rings is 2. The maximum atomic E-state index is 13.5. The molecule has 1 saturated heterocycles. The van der Waals surface area contributed by atoms with Crippen LogP contribution in [0.25, 0.3) is 21.3 Å². The Labute approximate surface area is 178 Å². The molecule has 0 spiro atoms. The van der Waals surface area contributed by atoms with Gasteiger partial charge in [0, 0.05) is 23.9 Å². The van der Waals surface area contributed by atoms with E-state index in [1.165, 1.54) is 28.1 Å². The lowest BCUT2D eigenvalue weighted by Gasteiger charge is -2.32. The fourth-order valence-electron chi connectivity index (χ4n) is 4.27. The van der Waals surface area contributed by atoms with E-state index in [4.69, 9.17) is 0 Å². The van der Waals surface area contributed by atoms with Crippen LogP contribution < -0.4 is 5.56 Å². The second kappa shape index (κ2) is 8.13. The summed E-state index contributed by atoms with van der Waals surface area (Å²) < 4.78 is 13.5. The lowest BCUT2D eigenvalue weighted by atomic mass is 9.96. The van der Waals surface area contributed by atoms with E-state index in [-0.39, 0.29) is 11.5 Å². The number of rotatable bonds is 4. The van der Waals surface area contributed by atoms with Gasteiger partial charge in [-0.15, -0.1) is 11.3 Å². The quantitative estimate of drug-likeness (QED) is 0.496. The van der Waals surface area contributed by atoms with Crippen molar-refractivity contribution in [3.8, 4) is 10.4 Å². The molecule has 0 radical (unpaired) electrons. The molecule has 3 heterocycles. The standard InChI is InChI=1S/C24H22FN3OS/c25-19-8-9-21-20(13-19)24(29)27-23(26-21)18-6-2-10-28(15-18)14-16-4-1-5-17(12-16)22-7-3-11-30-22/h1,3-5,7-9,11-13,18H,2,6,10,14-15H2,(H,26,27,29). The van der Waals surface area contributed by atoms with Gasteiger partial charge in [0.15, 0.2) is 0 Å². The van der Waals surface area contributed by atoms with Crippen molar-refractivity contribution >= 4 is 22.2 Å². The highest BCUT2D eigenvalue weighted by molar-refractivity contribution is 7.13. The molecule has 0 aliphatic carbocycles. The van der Waals surface area contributed by atoms with Crippen molar-refractivity contribution in [3.05, 3.63) is 87.5 Å². The number of hydrogen-bond donors (Lipinski definition) is 1. The lowest BCUT2D eigenvalue weighted by Crippen LogP contribution is -2.35. The van der Waals surface area contributed by atoms with E-state index in [9.17, 15) is 9.18 Å². The van der Waals surface area contributed by atoms with Crippen LogP contribution in [0.5, 0.6) is 0 Å². The van der Waals surface area contributed by atoms with E-state index in [0.717, 1.165) is 32.5 Å². The van der Waals surface area contributed by atoms with Crippen LogP contribution >= 0.6 is 11.3 Å². The minimum absolute atomic E-state index is 0.168. The molecule has 6 heteroatoms. The Morgan fingerprint density at radius 1 is 1.17 bits per heavy atom. The zero-order valence-electron chi connectivity index (χ0n) is 16.5. The summed E-state index contributed by atoms with van der Waals surface area (Å²) in [5, 5.41) is 2.40. The average Bonchev–Trinajstić information content (AvgIpc) is 3.30. The van der Waals surface area contributed by atoms with Gasteiger partial charge in [0.05, 0.1) is 10.9 Å². The molecule has 4 aromatic rings. The number of thiophene rings is 1. The molecular formula is C24H22FN3OS. The second-order valence-electron chi connectivity index (χ2n) is 7.86. The first kappa shape index (κ1) is 19.2. The van der Waals surface area contributed by atoms with Crippen molar-refractivity contribution in [2.45, 2.75) is 25.3 Å². The highest BCUT2D eigenvalue weighted by atomic mass is 32.1. The second-order valence-corrected chi connectivity index (χ2v) is 8.81. The summed E-state index contributed by atoms with van der Waals surface area (Å²) in [7, 11) is 0. The van der Waals surface area contributed by atoms with Gasteiger partial charge in [-0.1, -0.05) is 24.3 Å². The number of halogens is 1. The van der Waals surface area contributed by atoms with Crippen LogP contribution in [0.3, 0.4) is 0 Å². The third-order valence-corrected chi connectivity index (χ3v) is 6.64. The average molecular weight is 420 g/mol. The molecule has 0 saturated carbocycles. The predicted octanol–water partition coefficient (Wildman–Crippen LogP) is 5.17. The lowest BCUT2D eigenvalue weighted by molar-refractivity contribution is 0.196. The van der Waals surface area contributed by atoms with Gasteiger partial charge < -0.3 is 4.98 Å². The van der Waals surface area contributed by atoms with Gasteiger partial charge in [0.25, 0.3) is 5.56 Å². The third-order valence-electron chi connectivity index (χ3n) is 5.72. The molecule has 1 aliphatic rings. The number of likely N-dealkylation sites (tertiary alicyclic amines) is 1. The Hall–Kier alpha value is -2.83. The van der Waals surface area contributed by atoms with Crippen LogP contribution in [0.15, 0.2) is 64.8 Å². The summed E-state index contributed by atoms with van der Waals surface area (Å²) >= 11 is 1.75. The maximum Gasteiger partial charge on any atom is 0.258 e. The number of hydrogen-bond acceptors (Lipinski definition) is 4. The predicted molar refractivity (Wildman–Crippen MR) is 119 cm³/mol. The van der Waals surface area contributed by atoms with Gasteiger partial charge in [-0.2, -0.15) is 0 Å². The first-order chi connectivity index (χ1) is 14.7. The van der Waals surface area contributed by atoms with Crippen LogP contribution in [0.1, 0.15) is 30.1 Å². The van der Waals surface area contributed by atoms with Crippen molar-refractivity contribution in [1.29, 1.82) is 0 Å². The molecule has 1 atom stereocenters. The van der Waals surface area contributed by atoms with Crippen LogP contribution in [-0.4, -0.2) is 28.0 Å². The molecule has 1 aliphatic heterocycles. The monoisotopic (exact) mass is 419 g/mol. The number of nitrogens with zero attached hydrogens (tertiary/aromatic N) is 2. The highest BCUT2D eigenvalue weighted by Gasteiger charge is 2.24. The molecule has 152 valence electrons. The minimum Gasteiger partial charge on any atom is -0.310 e. The number of fused-ring (bicyclic) bond motifs is 1. The zero-order valence-corrected chi connectivity index (χ0v) is 17.3. The topological polar surface area (TPSA) is 49.0 Å². The van der Waals surface area contributed by atoms with E-state index >= 15 is 0 Å². The van der Waals surface area contributed by atoms with Crippen molar-refractivity contribution in [2.24, 2.45) is 0 Å². The molecule has 4 nitrogen and oxygen atoms in total. The molecule has 0 amide bonds. The van der Waals surface area contributed by atoms with Gasteiger partial charge in [0.2, 0.25) is 0 Å². The van der Waals surface area contributed by atoms with Crippen molar-refractivity contribution < 1.29 is 4.39 Å². The third kappa shape index (κ3) is 3.93. The molecular weight excluding hydrogens is 397 g/mol. The van der Waals surface area contributed by atoms with Crippen LogP contribution in [0.4, 0.5) is 4.39 Å². The summed E-state index contributed by atoms with van der Waals surface area (Å²) in [6.45, 7) is 2.75. The summed E-state index contributed by atoms with van der Waals surface area (Å²) in [5.41, 5.74) is 2.83. The first-order valence-electron chi connectivity index (χ1n) is 10.2. The normalized spacial score (nSPS) is 17.4. The van der Waals surface area contributed by atoms with Crippen molar-refractivity contribution in [2.75, 3.05) is 13.1 Å². The van der Waals surface area contributed by atoms with Crippen molar-refractivity contribution in [3.63, 3.8) is 0 Å². The van der Waals surface area contributed by atoms with E-state index in [1.807, 2.05) is 0 Å². The van der Waals surface area contributed by atoms with Gasteiger partial charge in [-0.05, 0) is 66.2 Å². The summed E-state index contributed by atoms with van der Waals surface area (Å²) in [5.74, 6) is 0.452. The van der Waals surface area contributed by atoms with E-state index in [0.29, 0.717) is 16.7 Å². The molecule has 0 bridgehead atoms. The Bertz CT molecular complexity index is 1230. The molecule has 2 aromatic heterocycles. The maximum absolute atomic E-state index is 13.5. The largest absolute Gasteiger partial charge is 0.310 e. The molecule has 30 heavy (non-hydrogen) atoms. The smallest absolute Gasteiger partial charge is 0.258 e.